The second-order valence-electron chi connectivity index (χ2n) is 6.93. The Morgan fingerprint density at radius 1 is 1.29 bits per heavy atom. The summed E-state index contributed by atoms with van der Waals surface area (Å²) in [5.74, 6) is 1.12. The zero-order valence-corrected chi connectivity index (χ0v) is 14.2. The van der Waals surface area contributed by atoms with Gasteiger partial charge in [0.15, 0.2) is 0 Å². The second kappa shape index (κ2) is 6.61. The molecule has 21 heavy (non-hydrogen) atoms. The van der Waals surface area contributed by atoms with Gasteiger partial charge in [-0.2, -0.15) is 0 Å². The van der Waals surface area contributed by atoms with Crippen LogP contribution in [0.5, 0.6) is 0 Å². The van der Waals surface area contributed by atoms with Crippen LogP contribution in [0.15, 0.2) is 23.8 Å². The molecule has 0 bridgehead atoms. The fourth-order valence-corrected chi connectivity index (χ4v) is 2.81. The van der Waals surface area contributed by atoms with Crippen LogP contribution in [0.1, 0.15) is 45.4 Å². The molecule has 2 rings (SSSR count). The Kier molecular flexibility index (Phi) is 5.04. The average molecular weight is 287 g/mol. The summed E-state index contributed by atoms with van der Waals surface area (Å²) in [6.07, 6.45) is 3.53. The third-order valence-corrected chi connectivity index (χ3v) is 4.08. The molecule has 2 heterocycles. The van der Waals surface area contributed by atoms with Crippen LogP contribution in [0.3, 0.4) is 0 Å². The van der Waals surface area contributed by atoms with E-state index in [0.717, 1.165) is 44.1 Å². The van der Waals surface area contributed by atoms with Crippen LogP contribution < -0.4 is 10.2 Å². The summed E-state index contributed by atoms with van der Waals surface area (Å²) in [6.45, 7) is 15.1. The summed E-state index contributed by atoms with van der Waals surface area (Å²) in [5.41, 5.74) is 4.29. The Hall–Kier alpha value is -1.35. The number of hydrogen-bond acceptors (Lipinski definition) is 3. The summed E-state index contributed by atoms with van der Waals surface area (Å²) < 4.78 is 0. The Balaban J connectivity index is 2.13. The van der Waals surface area contributed by atoms with E-state index in [2.05, 4.69) is 63.0 Å². The first kappa shape index (κ1) is 16.0. The van der Waals surface area contributed by atoms with Crippen molar-refractivity contribution < 1.29 is 0 Å². The van der Waals surface area contributed by atoms with Gasteiger partial charge in [-0.25, -0.2) is 4.98 Å². The molecule has 3 heteroatoms. The van der Waals surface area contributed by atoms with Crippen molar-refractivity contribution in [2.45, 2.75) is 47.6 Å². The Bertz CT molecular complexity index is 512. The largest absolute Gasteiger partial charge is 0.353 e. The number of rotatable bonds is 4. The van der Waals surface area contributed by atoms with E-state index in [-0.39, 0.29) is 0 Å². The van der Waals surface area contributed by atoms with E-state index in [1.54, 1.807) is 5.57 Å². The molecule has 0 fully saturated rings. The van der Waals surface area contributed by atoms with Gasteiger partial charge in [0, 0.05) is 25.3 Å². The fourth-order valence-electron chi connectivity index (χ4n) is 2.81. The molecule has 1 aromatic rings. The van der Waals surface area contributed by atoms with E-state index in [9.17, 15) is 0 Å². The summed E-state index contributed by atoms with van der Waals surface area (Å²) in [5, 5.41) is 3.39. The van der Waals surface area contributed by atoms with Crippen LogP contribution in [0, 0.1) is 12.3 Å². The zero-order chi connectivity index (χ0) is 15.5. The molecule has 3 nitrogen and oxygen atoms in total. The van der Waals surface area contributed by atoms with Gasteiger partial charge in [0.1, 0.15) is 5.82 Å². The van der Waals surface area contributed by atoms with Gasteiger partial charge < -0.3 is 10.2 Å². The second-order valence-corrected chi connectivity index (χ2v) is 6.93. The molecule has 1 aliphatic heterocycles. The third-order valence-electron chi connectivity index (χ3n) is 4.08. The average Bonchev–Trinajstić information content (AvgIpc) is 2.44. The molecule has 0 spiro atoms. The molecular weight excluding hydrogens is 258 g/mol. The molecule has 0 unspecified atom stereocenters. The van der Waals surface area contributed by atoms with Gasteiger partial charge in [-0.3, -0.25) is 0 Å². The van der Waals surface area contributed by atoms with Crippen molar-refractivity contribution in [1.82, 2.24) is 10.3 Å². The van der Waals surface area contributed by atoms with Crippen molar-refractivity contribution in [2.24, 2.45) is 5.41 Å². The minimum atomic E-state index is 0.294. The lowest BCUT2D eigenvalue weighted by Crippen LogP contribution is -2.32. The molecule has 1 aliphatic rings. The van der Waals surface area contributed by atoms with E-state index in [1.165, 1.54) is 5.56 Å². The summed E-state index contributed by atoms with van der Waals surface area (Å²) >= 11 is 0. The molecule has 0 radical (unpaired) electrons. The highest BCUT2D eigenvalue weighted by Gasteiger charge is 2.22. The number of nitrogens with zero attached hydrogens (tertiary/aromatic N) is 2. The highest BCUT2D eigenvalue weighted by atomic mass is 15.2. The lowest BCUT2D eigenvalue weighted by atomic mass is 9.83. The fraction of sp³-hybridized carbons (Fsp3) is 0.611. The molecule has 0 atom stereocenters. The lowest BCUT2D eigenvalue weighted by molar-refractivity contribution is 0.472. The predicted octanol–water partition coefficient (Wildman–Crippen LogP) is 3.68. The van der Waals surface area contributed by atoms with Gasteiger partial charge in [0.25, 0.3) is 0 Å². The first-order chi connectivity index (χ1) is 9.90. The number of aryl methyl sites for hydroxylation is 1. The standard InChI is InChI=1S/C18H29N3/c1-6-19-13-15-11-14(2)20-17(12-15)21-9-7-16(8-10-21)18(3,4)5/h7,11-12,19H,6,8-10,13H2,1-5H3. The van der Waals surface area contributed by atoms with E-state index < -0.39 is 0 Å². The maximum Gasteiger partial charge on any atom is 0.129 e. The van der Waals surface area contributed by atoms with Crippen molar-refractivity contribution in [2.75, 3.05) is 24.5 Å². The monoisotopic (exact) mass is 287 g/mol. The third kappa shape index (κ3) is 4.31. The zero-order valence-electron chi connectivity index (χ0n) is 14.2. The van der Waals surface area contributed by atoms with E-state index in [1.807, 2.05) is 0 Å². The van der Waals surface area contributed by atoms with Crippen molar-refractivity contribution in [3.05, 3.63) is 35.0 Å². The van der Waals surface area contributed by atoms with E-state index in [4.69, 9.17) is 4.98 Å². The SMILES string of the molecule is CCNCc1cc(C)nc(N2CC=C(C(C)(C)C)CC2)c1. The minimum absolute atomic E-state index is 0.294. The maximum absolute atomic E-state index is 4.72. The maximum atomic E-state index is 4.72. The van der Waals surface area contributed by atoms with E-state index >= 15 is 0 Å². The number of pyridine rings is 1. The van der Waals surface area contributed by atoms with Crippen LogP contribution in [0.4, 0.5) is 5.82 Å². The normalized spacial score (nSPS) is 16.0. The van der Waals surface area contributed by atoms with Crippen molar-refractivity contribution in [3.8, 4) is 0 Å². The van der Waals surface area contributed by atoms with Gasteiger partial charge in [-0.05, 0) is 43.0 Å². The highest BCUT2D eigenvalue weighted by molar-refractivity contribution is 5.45. The molecule has 0 saturated carbocycles. The summed E-state index contributed by atoms with van der Waals surface area (Å²) in [6, 6.07) is 4.40. The van der Waals surface area contributed by atoms with Crippen LogP contribution in [-0.4, -0.2) is 24.6 Å². The molecular formula is C18H29N3. The first-order valence-corrected chi connectivity index (χ1v) is 8.03. The topological polar surface area (TPSA) is 28.2 Å². The van der Waals surface area contributed by atoms with Gasteiger partial charge in [0.05, 0.1) is 0 Å². The molecule has 0 saturated heterocycles. The number of nitrogens with one attached hydrogen (secondary N) is 1. The van der Waals surface area contributed by atoms with Crippen LogP contribution in [0.2, 0.25) is 0 Å². The molecule has 0 aromatic carbocycles. The Morgan fingerprint density at radius 2 is 2.05 bits per heavy atom. The van der Waals surface area contributed by atoms with Crippen molar-refractivity contribution in [1.29, 1.82) is 0 Å². The quantitative estimate of drug-likeness (QED) is 0.856. The number of anilines is 1. The van der Waals surface area contributed by atoms with Crippen LogP contribution in [-0.2, 0) is 6.54 Å². The first-order valence-electron chi connectivity index (χ1n) is 8.03. The van der Waals surface area contributed by atoms with Crippen LogP contribution >= 0.6 is 0 Å². The number of hydrogen-bond donors (Lipinski definition) is 1. The van der Waals surface area contributed by atoms with E-state index in [0.29, 0.717) is 5.41 Å². The molecule has 0 amide bonds. The Labute approximate surface area is 129 Å². The summed E-state index contributed by atoms with van der Waals surface area (Å²) in [7, 11) is 0. The van der Waals surface area contributed by atoms with Crippen molar-refractivity contribution in [3.63, 3.8) is 0 Å². The van der Waals surface area contributed by atoms with Gasteiger partial charge >= 0.3 is 0 Å². The molecule has 0 aliphatic carbocycles. The predicted molar refractivity (Wildman–Crippen MR) is 90.7 cm³/mol. The highest BCUT2D eigenvalue weighted by Crippen LogP contribution is 2.31. The number of aromatic nitrogens is 1. The molecule has 1 N–H and O–H groups in total. The Morgan fingerprint density at radius 3 is 2.62 bits per heavy atom. The van der Waals surface area contributed by atoms with Gasteiger partial charge in [-0.1, -0.05) is 39.3 Å². The summed E-state index contributed by atoms with van der Waals surface area (Å²) in [4.78, 5) is 7.11. The lowest BCUT2D eigenvalue weighted by Gasteiger charge is -2.33. The van der Waals surface area contributed by atoms with Crippen LogP contribution in [0.25, 0.3) is 0 Å². The minimum Gasteiger partial charge on any atom is -0.353 e. The van der Waals surface area contributed by atoms with Gasteiger partial charge in [-0.15, -0.1) is 0 Å². The van der Waals surface area contributed by atoms with Gasteiger partial charge in [0.2, 0.25) is 0 Å². The smallest absolute Gasteiger partial charge is 0.129 e. The molecule has 116 valence electrons. The van der Waals surface area contributed by atoms with Crippen molar-refractivity contribution >= 4 is 5.82 Å². The molecule has 1 aromatic heterocycles.